The summed E-state index contributed by atoms with van der Waals surface area (Å²) in [7, 11) is 0. The molecule has 2 aromatic heterocycles. The quantitative estimate of drug-likeness (QED) is 0.193. The number of imide groups is 2. The van der Waals surface area contributed by atoms with E-state index in [1.54, 1.807) is 18.2 Å². The summed E-state index contributed by atoms with van der Waals surface area (Å²) in [6.07, 6.45) is 10.4. The van der Waals surface area contributed by atoms with Crippen LogP contribution in [0.2, 0.25) is 0 Å². The van der Waals surface area contributed by atoms with Crippen molar-refractivity contribution in [3.05, 3.63) is 71.7 Å². The first-order valence-corrected chi connectivity index (χ1v) is 15.4. The summed E-state index contributed by atoms with van der Waals surface area (Å²) in [5.41, 5.74) is 6.00. The average Bonchev–Trinajstić information content (AvgIpc) is 3.74. The number of rotatable bonds is 11. The van der Waals surface area contributed by atoms with Crippen LogP contribution in [0.1, 0.15) is 83.7 Å². The van der Waals surface area contributed by atoms with E-state index in [0.717, 1.165) is 78.0 Å². The highest BCUT2D eigenvalue weighted by Crippen LogP contribution is 2.43. The molecule has 2 aromatic carbocycles. The van der Waals surface area contributed by atoms with Crippen molar-refractivity contribution in [2.45, 2.75) is 69.9 Å². The monoisotopic (exact) mass is 591 g/mol. The molecule has 3 aliphatic rings. The molecule has 4 aromatic rings. The van der Waals surface area contributed by atoms with Crippen molar-refractivity contribution in [3.63, 3.8) is 0 Å². The molecule has 1 saturated heterocycles. The number of aryl methyl sites for hydroxylation is 1. The van der Waals surface area contributed by atoms with Crippen LogP contribution < -0.4 is 10.6 Å². The highest BCUT2D eigenvalue weighted by Gasteiger charge is 2.45. The number of nitrogens with zero attached hydrogens (tertiary/aromatic N) is 5. The second kappa shape index (κ2) is 11.6. The third kappa shape index (κ3) is 5.34. The fraction of sp³-hybridized carbons (Fsp3) is 0.364. The number of unbranched alkanes of at least 4 members (excludes halogenated alkanes) is 3. The van der Waals surface area contributed by atoms with E-state index in [1.165, 1.54) is 0 Å². The maximum atomic E-state index is 13.3. The lowest BCUT2D eigenvalue weighted by Crippen LogP contribution is -2.54. The number of nitrogens with one attached hydrogen (secondary N) is 2. The summed E-state index contributed by atoms with van der Waals surface area (Å²) in [6, 6.07) is 12.1. The Labute approximate surface area is 254 Å². The normalized spacial score (nSPS) is 18.2. The number of anilines is 1. The van der Waals surface area contributed by atoms with Crippen molar-refractivity contribution in [1.82, 2.24) is 30.0 Å². The van der Waals surface area contributed by atoms with E-state index in [1.807, 2.05) is 35.1 Å². The van der Waals surface area contributed by atoms with Gasteiger partial charge >= 0.3 is 0 Å². The minimum Gasteiger partial charge on any atom is -0.384 e. The van der Waals surface area contributed by atoms with Gasteiger partial charge in [-0.1, -0.05) is 31.0 Å². The Morgan fingerprint density at radius 1 is 0.864 bits per heavy atom. The summed E-state index contributed by atoms with van der Waals surface area (Å²) in [5, 5.41) is 10.5. The summed E-state index contributed by atoms with van der Waals surface area (Å²) >= 11 is 0. The lowest BCUT2D eigenvalue weighted by molar-refractivity contribution is -0.136. The number of carbonyl (C=O) groups excluding carboxylic acids is 4. The van der Waals surface area contributed by atoms with E-state index >= 15 is 0 Å². The predicted molar refractivity (Wildman–Crippen MR) is 163 cm³/mol. The molecular weight excluding hydrogens is 558 g/mol. The largest absolute Gasteiger partial charge is 0.384 e. The molecule has 44 heavy (non-hydrogen) atoms. The summed E-state index contributed by atoms with van der Waals surface area (Å²) in [5.74, 6) is -1.49. The molecule has 224 valence electrons. The van der Waals surface area contributed by atoms with Gasteiger partial charge in [0.2, 0.25) is 11.8 Å². The van der Waals surface area contributed by atoms with Gasteiger partial charge < -0.3 is 5.32 Å². The van der Waals surface area contributed by atoms with Gasteiger partial charge in [0, 0.05) is 42.9 Å². The number of para-hydroxylation sites is 2. The first kappa shape index (κ1) is 27.9. The molecule has 0 radical (unpaired) electrons. The van der Waals surface area contributed by atoms with Gasteiger partial charge in [-0.15, -0.1) is 0 Å². The van der Waals surface area contributed by atoms with Crippen molar-refractivity contribution >= 4 is 40.3 Å². The average molecular weight is 592 g/mol. The second-order valence-electron chi connectivity index (χ2n) is 11.7. The predicted octanol–water partition coefficient (Wildman–Crippen LogP) is 4.44. The smallest absolute Gasteiger partial charge is 0.264 e. The Kier molecular flexibility index (Phi) is 7.37. The third-order valence-corrected chi connectivity index (χ3v) is 8.58. The van der Waals surface area contributed by atoms with Crippen LogP contribution >= 0.6 is 0 Å². The molecule has 1 atom stereocenters. The highest BCUT2D eigenvalue weighted by atomic mass is 16.2. The van der Waals surface area contributed by atoms with E-state index in [9.17, 15) is 19.2 Å². The van der Waals surface area contributed by atoms with Gasteiger partial charge in [-0.3, -0.25) is 39.1 Å². The minimum absolute atomic E-state index is 0.0945. The molecule has 0 bridgehead atoms. The van der Waals surface area contributed by atoms with E-state index in [-0.39, 0.29) is 18.4 Å². The zero-order valence-electron chi connectivity index (χ0n) is 24.3. The fourth-order valence-corrected chi connectivity index (χ4v) is 6.13. The van der Waals surface area contributed by atoms with Crippen molar-refractivity contribution < 1.29 is 19.2 Å². The number of aromatic nitrogens is 4. The summed E-state index contributed by atoms with van der Waals surface area (Å²) in [6.45, 7) is 1.47. The molecule has 11 nitrogen and oxygen atoms in total. The standard InChI is InChI=1S/C33H33N7O4/c41-28-15-14-27(31(42)37-28)40-32(43)21-8-7-11-25(29(21)33(40)44)34-16-5-1-2-6-17-39-19-22(30(38-39)20-12-13-20)26-18-35-23-9-3-4-10-24(23)36-26/h3-4,7-11,18-20,27,34H,1-2,5-6,12-17H2,(H,37,41,42). The topological polar surface area (TPSA) is 139 Å². The van der Waals surface area contributed by atoms with Gasteiger partial charge in [-0.25, -0.2) is 4.98 Å². The maximum absolute atomic E-state index is 13.3. The lowest BCUT2D eigenvalue weighted by atomic mass is 10.0. The number of carbonyl (C=O) groups is 4. The van der Waals surface area contributed by atoms with Crippen LogP contribution in [-0.2, 0) is 16.1 Å². The van der Waals surface area contributed by atoms with Crippen LogP contribution in [-0.4, -0.2) is 60.9 Å². The molecule has 11 heteroatoms. The highest BCUT2D eigenvalue weighted by molar-refractivity contribution is 6.25. The minimum atomic E-state index is -0.973. The number of hydrogen-bond acceptors (Lipinski definition) is 8. The molecule has 4 amide bonds. The summed E-state index contributed by atoms with van der Waals surface area (Å²) < 4.78 is 2.04. The van der Waals surface area contributed by atoms with Crippen LogP contribution in [0.15, 0.2) is 54.9 Å². The first-order valence-electron chi connectivity index (χ1n) is 15.4. The van der Waals surface area contributed by atoms with E-state index in [2.05, 4.69) is 21.8 Å². The maximum Gasteiger partial charge on any atom is 0.264 e. The van der Waals surface area contributed by atoms with Crippen LogP contribution in [0.5, 0.6) is 0 Å². The Morgan fingerprint density at radius 3 is 2.50 bits per heavy atom. The first-order chi connectivity index (χ1) is 21.5. The van der Waals surface area contributed by atoms with Crippen LogP contribution in [0.4, 0.5) is 5.69 Å². The lowest BCUT2D eigenvalue weighted by Gasteiger charge is -2.27. The van der Waals surface area contributed by atoms with Gasteiger partial charge in [0.25, 0.3) is 11.8 Å². The Hall–Kier alpha value is -4.93. The second-order valence-corrected chi connectivity index (χ2v) is 11.7. The molecule has 2 aliphatic heterocycles. The molecule has 7 rings (SSSR count). The molecule has 1 unspecified atom stereocenters. The number of amides is 4. The molecule has 2 N–H and O–H groups in total. The molecule has 4 heterocycles. The number of benzene rings is 2. The van der Waals surface area contributed by atoms with E-state index in [4.69, 9.17) is 10.1 Å². The zero-order valence-corrected chi connectivity index (χ0v) is 24.3. The molecule has 2 fully saturated rings. The van der Waals surface area contributed by atoms with Crippen molar-refractivity contribution in [3.8, 4) is 11.3 Å². The summed E-state index contributed by atoms with van der Waals surface area (Å²) in [4.78, 5) is 60.7. The molecule has 0 spiro atoms. The Morgan fingerprint density at radius 2 is 1.68 bits per heavy atom. The van der Waals surface area contributed by atoms with E-state index < -0.39 is 29.7 Å². The van der Waals surface area contributed by atoms with Crippen LogP contribution in [0, 0.1) is 0 Å². The van der Waals surface area contributed by atoms with Crippen molar-refractivity contribution in [1.29, 1.82) is 0 Å². The van der Waals surface area contributed by atoms with Gasteiger partial charge in [0.15, 0.2) is 0 Å². The van der Waals surface area contributed by atoms with Crippen LogP contribution in [0.25, 0.3) is 22.3 Å². The zero-order chi connectivity index (χ0) is 30.2. The molecule has 1 saturated carbocycles. The van der Waals surface area contributed by atoms with E-state index in [0.29, 0.717) is 23.7 Å². The van der Waals surface area contributed by atoms with Gasteiger partial charge in [0.05, 0.1) is 39.7 Å². The van der Waals surface area contributed by atoms with Gasteiger partial charge in [0.1, 0.15) is 6.04 Å². The van der Waals surface area contributed by atoms with Crippen molar-refractivity contribution in [2.24, 2.45) is 0 Å². The SMILES string of the molecule is O=C1CCC(N2C(=O)c3cccc(NCCCCCCn4cc(-c5cnc6ccccc6n5)c(C5CC5)n4)c3C2=O)C(=O)N1. The molecular formula is C33H33N7O4. The van der Waals surface area contributed by atoms with Crippen LogP contribution in [0.3, 0.4) is 0 Å². The van der Waals surface area contributed by atoms with Gasteiger partial charge in [-0.2, -0.15) is 5.10 Å². The fourth-order valence-electron chi connectivity index (χ4n) is 6.13. The number of hydrogen-bond donors (Lipinski definition) is 2. The van der Waals surface area contributed by atoms with Crippen molar-refractivity contribution in [2.75, 3.05) is 11.9 Å². The van der Waals surface area contributed by atoms with Gasteiger partial charge in [-0.05, 0) is 56.4 Å². The number of piperidine rings is 1. The molecule has 1 aliphatic carbocycles. The Balaban J connectivity index is 0.918. The Bertz CT molecular complexity index is 1790. The number of fused-ring (bicyclic) bond motifs is 2. The third-order valence-electron chi connectivity index (χ3n) is 8.58.